The first kappa shape index (κ1) is 23.2. The van der Waals surface area contributed by atoms with Crippen LogP contribution < -0.4 is 10.6 Å². The molecule has 1 aliphatic rings. The van der Waals surface area contributed by atoms with Crippen LogP contribution in [0.3, 0.4) is 0 Å². The van der Waals surface area contributed by atoms with Gasteiger partial charge in [0.2, 0.25) is 0 Å². The first-order chi connectivity index (χ1) is 13.9. The van der Waals surface area contributed by atoms with E-state index in [2.05, 4.69) is 34.4 Å². The SMILES string of the molecule is CCN(CC)C(=O)c1ccc(CNC(=NC)NCC(C)(C)N2CCCCC2)cc1. The van der Waals surface area contributed by atoms with E-state index in [-0.39, 0.29) is 11.4 Å². The summed E-state index contributed by atoms with van der Waals surface area (Å²) in [5.41, 5.74) is 1.97. The van der Waals surface area contributed by atoms with E-state index in [9.17, 15) is 4.79 Å². The van der Waals surface area contributed by atoms with E-state index < -0.39 is 0 Å². The molecule has 6 heteroatoms. The molecule has 1 amide bonds. The highest BCUT2D eigenvalue weighted by Gasteiger charge is 2.27. The number of nitrogens with zero attached hydrogens (tertiary/aromatic N) is 3. The van der Waals surface area contributed by atoms with Crippen LogP contribution in [0.25, 0.3) is 0 Å². The summed E-state index contributed by atoms with van der Waals surface area (Å²) >= 11 is 0. The Morgan fingerprint density at radius 2 is 1.69 bits per heavy atom. The Kier molecular flexibility index (Phi) is 8.96. The number of aliphatic imine (C=N–C) groups is 1. The predicted octanol–water partition coefficient (Wildman–Crippen LogP) is 3.10. The number of amides is 1. The van der Waals surface area contributed by atoms with E-state index in [1.807, 2.05) is 43.0 Å². The summed E-state index contributed by atoms with van der Waals surface area (Å²) in [6.07, 6.45) is 3.94. The van der Waals surface area contributed by atoms with Crippen molar-refractivity contribution >= 4 is 11.9 Å². The first-order valence-electron chi connectivity index (χ1n) is 11.0. The van der Waals surface area contributed by atoms with Crippen molar-refractivity contribution in [3.63, 3.8) is 0 Å². The number of piperidine rings is 1. The average Bonchev–Trinajstić information content (AvgIpc) is 2.75. The fourth-order valence-electron chi connectivity index (χ4n) is 3.78. The molecule has 0 aliphatic carbocycles. The summed E-state index contributed by atoms with van der Waals surface area (Å²) in [6.45, 7) is 13.9. The lowest BCUT2D eigenvalue weighted by Crippen LogP contribution is -2.54. The van der Waals surface area contributed by atoms with Gasteiger partial charge < -0.3 is 15.5 Å². The van der Waals surface area contributed by atoms with Gasteiger partial charge in [0.15, 0.2) is 5.96 Å². The van der Waals surface area contributed by atoms with Gasteiger partial charge in [-0.15, -0.1) is 0 Å². The monoisotopic (exact) mass is 401 g/mol. The number of guanidine groups is 1. The van der Waals surface area contributed by atoms with Gasteiger partial charge in [-0.05, 0) is 71.3 Å². The maximum absolute atomic E-state index is 12.4. The van der Waals surface area contributed by atoms with Crippen LogP contribution in [-0.2, 0) is 6.54 Å². The fraction of sp³-hybridized carbons (Fsp3) is 0.652. The molecular formula is C23H39N5O. The molecule has 1 saturated heterocycles. The van der Waals surface area contributed by atoms with Crippen LogP contribution in [0.2, 0.25) is 0 Å². The van der Waals surface area contributed by atoms with E-state index in [0.717, 1.165) is 36.7 Å². The molecule has 1 fully saturated rings. The summed E-state index contributed by atoms with van der Waals surface area (Å²) in [6, 6.07) is 7.84. The average molecular weight is 402 g/mol. The van der Waals surface area contributed by atoms with Gasteiger partial charge in [0, 0.05) is 44.3 Å². The number of hydrogen-bond acceptors (Lipinski definition) is 3. The molecule has 29 heavy (non-hydrogen) atoms. The van der Waals surface area contributed by atoms with Gasteiger partial charge in [-0.3, -0.25) is 14.7 Å². The summed E-state index contributed by atoms with van der Waals surface area (Å²) < 4.78 is 0. The van der Waals surface area contributed by atoms with Crippen LogP contribution in [0.15, 0.2) is 29.3 Å². The minimum absolute atomic E-state index is 0.0897. The van der Waals surface area contributed by atoms with E-state index in [1.165, 1.54) is 32.4 Å². The molecular weight excluding hydrogens is 362 g/mol. The molecule has 162 valence electrons. The molecule has 0 unspecified atom stereocenters. The van der Waals surface area contributed by atoms with E-state index in [4.69, 9.17) is 0 Å². The van der Waals surface area contributed by atoms with Crippen LogP contribution in [-0.4, -0.2) is 67.0 Å². The lowest BCUT2D eigenvalue weighted by molar-refractivity contribution is 0.0773. The maximum atomic E-state index is 12.4. The number of benzene rings is 1. The standard InChI is InChI=1S/C23H39N5O/c1-6-27(7-2)21(29)20-13-11-19(12-14-20)17-25-22(24-5)26-18-23(3,4)28-15-9-8-10-16-28/h11-14H,6-10,15-18H2,1-5H3,(H2,24,25,26). The highest BCUT2D eigenvalue weighted by molar-refractivity contribution is 5.94. The highest BCUT2D eigenvalue weighted by Crippen LogP contribution is 2.19. The van der Waals surface area contributed by atoms with Gasteiger partial charge in [0.05, 0.1) is 0 Å². The van der Waals surface area contributed by atoms with Crippen LogP contribution in [0, 0.1) is 0 Å². The molecule has 2 N–H and O–H groups in total. The molecule has 1 aromatic rings. The third-order valence-corrected chi connectivity index (χ3v) is 5.84. The van der Waals surface area contributed by atoms with Crippen LogP contribution in [0.1, 0.15) is 62.9 Å². The highest BCUT2D eigenvalue weighted by atomic mass is 16.2. The largest absolute Gasteiger partial charge is 0.355 e. The van der Waals surface area contributed by atoms with Gasteiger partial charge in [-0.2, -0.15) is 0 Å². The van der Waals surface area contributed by atoms with Gasteiger partial charge in [-0.25, -0.2) is 0 Å². The van der Waals surface area contributed by atoms with E-state index in [0.29, 0.717) is 6.54 Å². The lowest BCUT2D eigenvalue weighted by Gasteiger charge is -2.41. The van der Waals surface area contributed by atoms with E-state index >= 15 is 0 Å². The van der Waals surface area contributed by atoms with Crippen molar-refractivity contribution in [2.24, 2.45) is 4.99 Å². The minimum Gasteiger partial charge on any atom is -0.355 e. The molecule has 0 bridgehead atoms. The van der Waals surface area contributed by atoms with Crippen molar-refractivity contribution in [1.29, 1.82) is 0 Å². The van der Waals surface area contributed by atoms with Gasteiger partial charge in [0.25, 0.3) is 5.91 Å². The predicted molar refractivity (Wildman–Crippen MR) is 121 cm³/mol. The molecule has 1 aliphatic heterocycles. The fourth-order valence-corrected chi connectivity index (χ4v) is 3.78. The van der Waals surface area contributed by atoms with Crippen LogP contribution >= 0.6 is 0 Å². The normalized spacial score (nSPS) is 15.8. The van der Waals surface area contributed by atoms with Gasteiger partial charge in [-0.1, -0.05) is 18.6 Å². The van der Waals surface area contributed by atoms with Gasteiger partial charge >= 0.3 is 0 Å². The quantitative estimate of drug-likeness (QED) is 0.519. The summed E-state index contributed by atoms with van der Waals surface area (Å²) in [5.74, 6) is 0.894. The number of carbonyl (C=O) groups excluding carboxylic acids is 1. The molecule has 0 aromatic heterocycles. The molecule has 0 radical (unpaired) electrons. The summed E-state index contributed by atoms with van der Waals surface area (Å²) in [7, 11) is 1.80. The number of rotatable bonds is 8. The second kappa shape index (κ2) is 11.2. The summed E-state index contributed by atoms with van der Waals surface area (Å²) in [5, 5.41) is 6.85. The molecule has 1 aromatic carbocycles. The Balaban J connectivity index is 1.85. The minimum atomic E-state index is 0.0897. The number of likely N-dealkylation sites (tertiary alicyclic amines) is 1. The Hall–Kier alpha value is -2.08. The molecule has 0 spiro atoms. The third kappa shape index (κ3) is 6.74. The van der Waals surface area contributed by atoms with Crippen molar-refractivity contribution in [2.45, 2.75) is 59.0 Å². The van der Waals surface area contributed by atoms with E-state index in [1.54, 1.807) is 7.05 Å². The zero-order valence-corrected chi connectivity index (χ0v) is 18.9. The van der Waals surface area contributed by atoms with Gasteiger partial charge in [0.1, 0.15) is 0 Å². The van der Waals surface area contributed by atoms with Crippen molar-refractivity contribution in [1.82, 2.24) is 20.4 Å². The maximum Gasteiger partial charge on any atom is 0.253 e. The molecule has 0 atom stereocenters. The number of carbonyl (C=O) groups is 1. The molecule has 0 saturated carbocycles. The second-order valence-electron chi connectivity index (χ2n) is 8.31. The second-order valence-corrected chi connectivity index (χ2v) is 8.31. The Morgan fingerprint density at radius 3 is 2.24 bits per heavy atom. The van der Waals surface area contributed by atoms with Crippen molar-refractivity contribution in [3.8, 4) is 0 Å². The lowest BCUT2D eigenvalue weighted by atomic mass is 9.98. The Labute approximate surface area is 176 Å². The summed E-state index contributed by atoms with van der Waals surface area (Å²) in [4.78, 5) is 21.2. The number of hydrogen-bond donors (Lipinski definition) is 2. The molecule has 2 rings (SSSR count). The van der Waals surface area contributed by atoms with Crippen LogP contribution in [0.5, 0.6) is 0 Å². The smallest absolute Gasteiger partial charge is 0.253 e. The Bertz CT molecular complexity index is 658. The zero-order chi connectivity index (χ0) is 21.3. The zero-order valence-electron chi connectivity index (χ0n) is 18.9. The topological polar surface area (TPSA) is 60.0 Å². The molecule has 1 heterocycles. The number of nitrogens with one attached hydrogen (secondary N) is 2. The molecule has 6 nitrogen and oxygen atoms in total. The third-order valence-electron chi connectivity index (χ3n) is 5.84. The van der Waals surface area contributed by atoms with Crippen LogP contribution in [0.4, 0.5) is 0 Å². The van der Waals surface area contributed by atoms with Crippen molar-refractivity contribution in [2.75, 3.05) is 39.8 Å². The van der Waals surface area contributed by atoms with Crippen molar-refractivity contribution in [3.05, 3.63) is 35.4 Å². The van der Waals surface area contributed by atoms with Crippen molar-refractivity contribution < 1.29 is 4.79 Å². The first-order valence-corrected chi connectivity index (χ1v) is 11.0. The Morgan fingerprint density at radius 1 is 1.07 bits per heavy atom.